The van der Waals surface area contributed by atoms with Crippen LogP contribution >= 0.6 is 0 Å². The zero-order valence-electron chi connectivity index (χ0n) is 12.6. The molecular weight excluding hydrogens is 312 g/mol. The van der Waals surface area contributed by atoms with E-state index in [-0.39, 0.29) is 12.4 Å². The molecule has 2 aromatic carbocycles. The Morgan fingerprint density at radius 3 is 2.43 bits per heavy atom. The van der Waals surface area contributed by atoms with E-state index in [0.29, 0.717) is 5.88 Å². The van der Waals surface area contributed by atoms with Gasteiger partial charge in [-0.3, -0.25) is 0 Å². The average molecular weight is 328 g/mol. The summed E-state index contributed by atoms with van der Waals surface area (Å²) >= 11 is 0. The maximum atomic E-state index is 11.1. The van der Waals surface area contributed by atoms with Crippen molar-refractivity contribution in [3.05, 3.63) is 54.6 Å². The summed E-state index contributed by atoms with van der Waals surface area (Å²) in [6.45, 7) is 0.0723. The van der Waals surface area contributed by atoms with Crippen LogP contribution in [0, 0.1) is 0 Å². The van der Waals surface area contributed by atoms with Crippen LogP contribution in [0.2, 0.25) is 0 Å². The normalized spacial score (nSPS) is 11.5. The van der Waals surface area contributed by atoms with Gasteiger partial charge in [-0.2, -0.15) is 0 Å². The average Bonchev–Trinajstić information content (AvgIpc) is 2.54. The molecule has 23 heavy (non-hydrogen) atoms. The van der Waals surface area contributed by atoms with E-state index in [4.69, 9.17) is 4.74 Å². The Hall–Kier alpha value is -2.47. The number of hydrogen-bond acceptors (Lipinski definition) is 5. The first-order chi connectivity index (χ1) is 11.0. The number of fused-ring (bicyclic) bond motifs is 1. The SMILES string of the molecule is CS(=O)(=O)CCOc1ccc(-c2ccc3ccccc3c2)nn1. The molecule has 118 valence electrons. The number of ether oxygens (including phenoxy) is 1. The lowest BCUT2D eigenvalue weighted by Gasteiger charge is -2.05. The molecule has 0 bridgehead atoms. The van der Waals surface area contributed by atoms with E-state index in [0.717, 1.165) is 16.6 Å². The number of benzene rings is 2. The second kappa shape index (κ2) is 6.34. The minimum Gasteiger partial charge on any atom is -0.476 e. The molecule has 0 aliphatic rings. The van der Waals surface area contributed by atoms with Crippen LogP contribution in [0.3, 0.4) is 0 Å². The highest BCUT2D eigenvalue weighted by Crippen LogP contribution is 2.23. The van der Waals surface area contributed by atoms with Crippen LogP contribution in [0.15, 0.2) is 54.6 Å². The molecule has 0 aliphatic heterocycles. The molecule has 0 unspecified atom stereocenters. The molecule has 6 heteroatoms. The molecule has 1 aromatic heterocycles. The van der Waals surface area contributed by atoms with Crippen molar-refractivity contribution in [1.82, 2.24) is 10.2 Å². The Morgan fingerprint density at radius 2 is 1.74 bits per heavy atom. The first-order valence-corrected chi connectivity index (χ1v) is 9.21. The zero-order chi connectivity index (χ0) is 16.3. The van der Waals surface area contributed by atoms with Crippen LogP contribution in [0.25, 0.3) is 22.0 Å². The van der Waals surface area contributed by atoms with Gasteiger partial charge >= 0.3 is 0 Å². The van der Waals surface area contributed by atoms with Gasteiger partial charge in [0, 0.05) is 17.9 Å². The van der Waals surface area contributed by atoms with Crippen molar-refractivity contribution in [3.63, 3.8) is 0 Å². The molecule has 0 amide bonds. The molecule has 3 rings (SSSR count). The maximum Gasteiger partial charge on any atom is 0.233 e. The number of rotatable bonds is 5. The molecule has 0 aliphatic carbocycles. The smallest absolute Gasteiger partial charge is 0.233 e. The zero-order valence-corrected chi connectivity index (χ0v) is 13.5. The Balaban J connectivity index is 1.75. The first-order valence-electron chi connectivity index (χ1n) is 7.15. The van der Waals surface area contributed by atoms with Crippen LogP contribution in [-0.4, -0.2) is 37.2 Å². The predicted octanol–water partition coefficient (Wildman–Crippen LogP) is 2.72. The predicted molar refractivity (Wildman–Crippen MR) is 90.2 cm³/mol. The van der Waals surface area contributed by atoms with Crippen molar-refractivity contribution in [2.24, 2.45) is 0 Å². The summed E-state index contributed by atoms with van der Waals surface area (Å²) in [5, 5.41) is 10.4. The van der Waals surface area contributed by atoms with Crippen molar-refractivity contribution in [3.8, 4) is 17.1 Å². The lowest BCUT2D eigenvalue weighted by atomic mass is 10.1. The molecule has 3 aromatic rings. The van der Waals surface area contributed by atoms with E-state index in [9.17, 15) is 8.42 Å². The number of hydrogen-bond donors (Lipinski definition) is 0. The minimum absolute atomic E-state index is 0.0406. The highest BCUT2D eigenvalue weighted by Gasteiger charge is 2.05. The van der Waals surface area contributed by atoms with Crippen molar-refractivity contribution < 1.29 is 13.2 Å². The summed E-state index contributed by atoms with van der Waals surface area (Å²) in [6, 6.07) is 17.7. The van der Waals surface area contributed by atoms with Crippen molar-refractivity contribution in [2.45, 2.75) is 0 Å². The molecule has 0 N–H and O–H groups in total. The highest BCUT2D eigenvalue weighted by molar-refractivity contribution is 7.90. The fraction of sp³-hybridized carbons (Fsp3) is 0.176. The van der Waals surface area contributed by atoms with Gasteiger partial charge in [0.2, 0.25) is 5.88 Å². The molecule has 0 fully saturated rings. The van der Waals surface area contributed by atoms with Crippen LogP contribution in [0.5, 0.6) is 5.88 Å². The summed E-state index contributed by atoms with van der Waals surface area (Å²) in [4.78, 5) is 0. The molecule has 0 spiro atoms. The molecule has 1 heterocycles. The number of aromatic nitrogens is 2. The van der Waals surface area contributed by atoms with Gasteiger partial charge in [0.15, 0.2) is 9.84 Å². The van der Waals surface area contributed by atoms with Crippen molar-refractivity contribution in [1.29, 1.82) is 0 Å². The van der Waals surface area contributed by atoms with E-state index in [2.05, 4.69) is 28.4 Å². The third-order valence-electron chi connectivity index (χ3n) is 3.39. The molecule has 0 atom stereocenters. The second-order valence-corrected chi connectivity index (χ2v) is 7.56. The van der Waals surface area contributed by atoms with E-state index in [1.807, 2.05) is 30.3 Å². The molecule has 0 radical (unpaired) electrons. The highest BCUT2D eigenvalue weighted by atomic mass is 32.2. The van der Waals surface area contributed by atoms with Gasteiger partial charge in [-0.15, -0.1) is 10.2 Å². The largest absolute Gasteiger partial charge is 0.476 e. The summed E-state index contributed by atoms with van der Waals surface area (Å²) in [6.07, 6.45) is 1.17. The van der Waals surface area contributed by atoms with Crippen molar-refractivity contribution in [2.75, 3.05) is 18.6 Å². The molecule has 5 nitrogen and oxygen atoms in total. The van der Waals surface area contributed by atoms with E-state index in [1.165, 1.54) is 11.6 Å². The number of sulfone groups is 1. The van der Waals surface area contributed by atoms with Gasteiger partial charge in [-0.25, -0.2) is 8.42 Å². The standard InChI is InChI=1S/C17H16N2O3S/c1-23(20,21)11-10-22-17-9-8-16(18-19-17)15-7-6-13-4-2-3-5-14(13)12-15/h2-9,12H,10-11H2,1H3. The van der Waals surface area contributed by atoms with Crippen LogP contribution in [0.1, 0.15) is 0 Å². The van der Waals surface area contributed by atoms with Gasteiger partial charge in [0.25, 0.3) is 0 Å². The fourth-order valence-electron chi connectivity index (χ4n) is 2.20. The van der Waals surface area contributed by atoms with Gasteiger partial charge in [-0.05, 0) is 22.9 Å². The third kappa shape index (κ3) is 4.04. The fourth-order valence-corrected chi connectivity index (χ4v) is 2.58. The Morgan fingerprint density at radius 1 is 0.957 bits per heavy atom. The minimum atomic E-state index is -3.04. The van der Waals surface area contributed by atoms with Gasteiger partial charge in [-0.1, -0.05) is 36.4 Å². The van der Waals surface area contributed by atoms with Gasteiger partial charge in [0.1, 0.15) is 6.61 Å². The topological polar surface area (TPSA) is 69.2 Å². The monoisotopic (exact) mass is 328 g/mol. The maximum absolute atomic E-state index is 11.1. The molecule has 0 saturated carbocycles. The van der Waals surface area contributed by atoms with E-state index in [1.54, 1.807) is 6.07 Å². The molecule has 0 saturated heterocycles. The Bertz CT molecular complexity index is 922. The third-order valence-corrected chi connectivity index (χ3v) is 4.30. The van der Waals surface area contributed by atoms with E-state index >= 15 is 0 Å². The lowest BCUT2D eigenvalue weighted by molar-refractivity contribution is 0.324. The first kappa shape index (κ1) is 15.4. The van der Waals surface area contributed by atoms with E-state index < -0.39 is 9.84 Å². The van der Waals surface area contributed by atoms with Crippen molar-refractivity contribution >= 4 is 20.6 Å². The Kier molecular flexibility index (Phi) is 4.25. The van der Waals surface area contributed by atoms with Gasteiger partial charge in [0.05, 0.1) is 11.4 Å². The summed E-state index contributed by atoms with van der Waals surface area (Å²) < 4.78 is 27.4. The van der Waals surface area contributed by atoms with Crippen LogP contribution < -0.4 is 4.74 Å². The summed E-state index contributed by atoms with van der Waals surface area (Å²) in [5.74, 6) is 0.277. The second-order valence-electron chi connectivity index (χ2n) is 5.30. The van der Waals surface area contributed by atoms with Crippen LogP contribution in [-0.2, 0) is 9.84 Å². The lowest BCUT2D eigenvalue weighted by Crippen LogP contribution is -2.12. The summed E-state index contributed by atoms with van der Waals surface area (Å²) in [5.41, 5.74) is 1.71. The Labute approximate surface area is 134 Å². The van der Waals surface area contributed by atoms with Crippen LogP contribution in [0.4, 0.5) is 0 Å². The number of nitrogens with zero attached hydrogens (tertiary/aromatic N) is 2. The van der Waals surface area contributed by atoms with Gasteiger partial charge < -0.3 is 4.74 Å². The molecular formula is C17H16N2O3S. The quantitative estimate of drug-likeness (QED) is 0.720. The summed E-state index contributed by atoms with van der Waals surface area (Å²) in [7, 11) is -3.04.